The number of nitrogens with zero attached hydrogens (tertiary/aromatic N) is 3. The number of carbonyl (C=O) groups is 1. The molecule has 2 bridgehead atoms. The van der Waals surface area contributed by atoms with E-state index in [1.807, 2.05) is 26.1 Å². The highest BCUT2D eigenvalue weighted by atomic mass is 19.1. The summed E-state index contributed by atoms with van der Waals surface area (Å²) in [5.74, 6) is 0.577. The molecule has 0 aliphatic carbocycles. The van der Waals surface area contributed by atoms with Gasteiger partial charge in [0.2, 0.25) is 0 Å². The van der Waals surface area contributed by atoms with Crippen LogP contribution in [0.5, 0.6) is 5.75 Å². The first-order valence-corrected chi connectivity index (χ1v) is 12.1. The van der Waals surface area contributed by atoms with E-state index in [0.717, 1.165) is 47.7 Å². The van der Waals surface area contributed by atoms with Crippen molar-refractivity contribution < 1.29 is 18.5 Å². The zero-order valence-electron chi connectivity index (χ0n) is 20.4. The third-order valence-corrected chi connectivity index (χ3v) is 7.35. The second kappa shape index (κ2) is 8.60. The van der Waals surface area contributed by atoms with E-state index in [1.165, 1.54) is 13.2 Å². The van der Waals surface area contributed by atoms with Crippen molar-refractivity contribution in [1.29, 1.82) is 0 Å². The van der Waals surface area contributed by atoms with Crippen LogP contribution in [-0.4, -0.2) is 48.2 Å². The number of H-pyrrole nitrogens is 1. The minimum atomic E-state index is -0.458. The molecule has 4 aromatic rings. The van der Waals surface area contributed by atoms with E-state index in [1.54, 1.807) is 30.3 Å². The molecule has 9 heteroatoms. The van der Waals surface area contributed by atoms with Crippen molar-refractivity contribution in [2.45, 2.75) is 25.4 Å². The molecule has 2 atom stereocenters. The highest BCUT2D eigenvalue weighted by Crippen LogP contribution is 2.39. The van der Waals surface area contributed by atoms with Gasteiger partial charge in [-0.1, -0.05) is 12.1 Å². The SMILES string of the molecule is COc1cccc(F)c1-c1cccc(C(=O)Nc2ccc3c([nH]c(C)[n+]3C)c2N2C[C@@H]3C[C@H]2CN3)n1. The Hall–Kier alpha value is -3.98. The molecule has 2 aliphatic rings. The Kier molecular flexibility index (Phi) is 5.37. The van der Waals surface area contributed by atoms with Crippen LogP contribution in [0.3, 0.4) is 0 Å². The van der Waals surface area contributed by atoms with Crippen LogP contribution in [0.1, 0.15) is 22.7 Å². The lowest BCUT2D eigenvalue weighted by molar-refractivity contribution is -0.651. The summed E-state index contributed by atoms with van der Waals surface area (Å²) < 4.78 is 22.1. The van der Waals surface area contributed by atoms with Gasteiger partial charge in [-0.2, -0.15) is 0 Å². The van der Waals surface area contributed by atoms with Crippen LogP contribution < -0.4 is 24.8 Å². The number of aromatic nitrogens is 3. The summed E-state index contributed by atoms with van der Waals surface area (Å²) in [6, 6.07) is 14.4. The number of piperazine rings is 1. The molecule has 8 nitrogen and oxygen atoms in total. The molecular formula is C27H28FN6O2+. The number of anilines is 2. The lowest BCUT2D eigenvalue weighted by Gasteiger charge is -2.30. The van der Waals surface area contributed by atoms with Gasteiger partial charge in [-0.05, 0) is 42.8 Å². The van der Waals surface area contributed by atoms with Gasteiger partial charge in [-0.3, -0.25) is 4.79 Å². The molecule has 0 radical (unpaired) electrons. The van der Waals surface area contributed by atoms with Gasteiger partial charge in [0.1, 0.15) is 22.9 Å². The van der Waals surface area contributed by atoms with Gasteiger partial charge in [-0.25, -0.2) is 18.9 Å². The standard InChI is InChI=1S/C27H27FN6O2/c1-15-30-25-22(33(15)2)11-10-20(26(25)34-14-16-12-17(34)13-29-16)32-27(35)21-8-5-7-19(31-21)24-18(28)6-4-9-23(24)36-3/h4-11,16-17,29H,12-14H2,1-3H3,(H,32,35)/p+1/t16-,17-/m0/s1. The van der Waals surface area contributed by atoms with Gasteiger partial charge in [0.25, 0.3) is 11.7 Å². The van der Waals surface area contributed by atoms with Gasteiger partial charge in [0.05, 0.1) is 31.1 Å². The zero-order valence-corrected chi connectivity index (χ0v) is 20.4. The number of hydrogen-bond donors (Lipinski definition) is 3. The Balaban J connectivity index is 1.39. The molecule has 6 rings (SSSR count). The summed E-state index contributed by atoms with van der Waals surface area (Å²) in [6.07, 6.45) is 1.09. The summed E-state index contributed by atoms with van der Waals surface area (Å²) in [5.41, 5.74) is 4.54. The topological polar surface area (TPSA) is 86.2 Å². The number of benzene rings is 2. The first-order chi connectivity index (χ1) is 17.4. The highest BCUT2D eigenvalue weighted by molar-refractivity contribution is 6.08. The van der Waals surface area contributed by atoms with Crippen molar-refractivity contribution in [3.63, 3.8) is 0 Å². The lowest BCUT2D eigenvalue weighted by atomic mass is 10.1. The van der Waals surface area contributed by atoms with E-state index in [2.05, 4.69) is 30.1 Å². The molecule has 3 N–H and O–H groups in total. The summed E-state index contributed by atoms with van der Waals surface area (Å²) in [7, 11) is 3.51. The number of nitrogens with one attached hydrogen (secondary N) is 3. The first kappa shape index (κ1) is 22.5. The van der Waals surface area contributed by atoms with Gasteiger partial charge < -0.3 is 20.3 Å². The van der Waals surface area contributed by atoms with Crippen LogP contribution in [0.4, 0.5) is 15.8 Å². The predicted octanol–water partition coefficient (Wildman–Crippen LogP) is 3.31. The van der Waals surface area contributed by atoms with Crippen LogP contribution in [0.2, 0.25) is 0 Å². The lowest BCUT2D eigenvalue weighted by Crippen LogP contribution is -2.44. The summed E-state index contributed by atoms with van der Waals surface area (Å²) in [6.45, 7) is 3.84. The number of carbonyl (C=O) groups excluding carboxylic acids is 1. The number of fused-ring (bicyclic) bond motifs is 3. The van der Waals surface area contributed by atoms with Crippen LogP contribution in [0.15, 0.2) is 48.5 Å². The molecule has 36 heavy (non-hydrogen) atoms. The average Bonchev–Trinajstić information content (AvgIpc) is 3.59. The van der Waals surface area contributed by atoms with Crippen molar-refractivity contribution in [2.75, 3.05) is 30.4 Å². The van der Waals surface area contributed by atoms with E-state index in [4.69, 9.17) is 4.74 Å². The average molecular weight is 488 g/mol. The molecule has 184 valence electrons. The maximum absolute atomic E-state index is 14.6. The second-order valence-corrected chi connectivity index (χ2v) is 9.45. The molecule has 2 aliphatic heterocycles. The fourth-order valence-corrected chi connectivity index (χ4v) is 5.47. The minimum Gasteiger partial charge on any atom is -0.496 e. The molecule has 0 unspecified atom stereocenters. The van der Waals surface area contributed by atoms with Crippen molar-refractivity contribution in [2.24, 2.45) is 7.05 Å². The predicted molar refractivity (Wildman–Crippen MR) is 136 cm³/mol. The number of hydrogen-bond acceptors (Lipinski definition) is 5. The normalized spacial score (nSPS) is 18.7. The number of rotatable bonds is 5. The van der Waals surface area contributed by atoms with Crippen molar-refractivity contribution >= 4 is 28.3 Å². The monoisotopic (exact) mass is 487 g/mol. The minimum absolute atomic E-state index is 0.196. The van der Waals surface area contributed by atoms with Gasteiger partial charge in [0, 0.05) is 32.1 Å². The number of pyridine rings is 1. The van der Waals surface area contributed by atoms with E-state index in [-0.39, 0.29) is 17.2 Å². The van der Waals surface area contributed by atoms with E-state index >= 15 is 0 Å². The number of halogens is 1. The van der Waals surface area contributed by atoms with Crippen LogP contribution in [0.25, 0.3) is 22.3 Å². The Labute approximate surface area is 208 Å². The Morgan fingerprint density at radius 3 is 2.81 bits per heavy atom. The van der Waals surface area contributed by atoms with Crippen molar-refractivity contribution in [3.05, 3.63) is 65.9 Å². The van der Waals surface area contributed by atoms with Crippen molar-refractivity contribution in [1.82, 2.24) is 15.3 Å². The highest BCUT2D eigenvalue weighted by Gasteiger charge is 2.40. The van der Waals surface area contributed by atoms with E-state index < -0.39 is 5.82 Å². The molecule has 0 spiro atoms. The molecule has 1 amide bonds. The van der Waals surface area contributed by atoms with E-state index in [0.29, 0.717) is 23.5 Å². The molecule has 2 aromatic heterocycles. The largest absolute Gasteiger partial charge is 0.496 e. The number of ether oxygens (including phenoxy) is 1. The molecule has 4 heterocycles. The molecular weight excluding hydrogens is 459 g/mol. The number of aromatic amines is 1. The fourth-order valence-electron chi connectivity index (χ4n) is 5.47. The van der Waals surface area contributed by atoms with Crippen LogP contribution in [0, 0.1) is 12.7 Å². The third-order valence-electron chi connectivity index (χ3n) is 7.35. The molecule has 2 saturated heterocycles. The number of amides is 1. The van der Waals surface area contributed by atoms with Crippen LogP contribution >= 0.6 is 0 Å². The fraction of sp³-hybridized carbons (Fsp3) is 0.296. The molecule has 0 saturated carbocycles. The second-order valence-electron chi connectivity index (χ2n) is 9.45. The zero-order chi connectivity index (χ0) is 25.0. The van der Waals surface area contributed by atoms with Crippen LogP contribution in [-0.2, 0) is 7.05 Å². The maximum Gasteiger partial charge on any atom is 0.274 e. The van der Waals surface area contributed by atoms with E-state index in [9.17, 15) is 9.18 Å². The van der Waals surface area contributed by atoms with Gasteiger partial charge in [-0.15, -0.1) is 0 Å². The smallest absolute Gasteiger partial charge is 0.274 e. The molecule has 2 fully saturated rings. The Morgan fingerprint density at radius 1 is 1.22 bits per heavy atom. The van der Waals surface area contributed by atoms with Crippen molar-refractivity contribution in [3.8, 4) is 17.0 Å². The summed E-state index contributed by atoms with van der Waals surface area (Å²) in [5, 5.41) is 6.64. The maximum atomic E-state index is 14.6. The Morgan fingerprint density at radius 2 is 2.06 bits per heavy atom. The van der Waals surface area contributed by atoms with Gasteiger partial charge in [0.15, 0.2) is 11.0 Å². The number of methoxy groups -OCH3 is 1. The molecule has 2 aromatic carbocycles. The Bertz CT molecular complexity index is 1500. The summed E-state index contributed by atoms with van der Waals surface area (Å²) >= 11 is 0. The van der Waals surface area contributed by atoms with Gasteiger partial charge >= 0.3 is 0 Å². The summed E-state index contributed by atoms with van der Waals surface area (Å²) in [4.78, 5) is 23.8. The number of aryl methyl sites for hydroxylation is 2. The first-order valence-electron chi connectivity index (χ1n) is 12.1. The number of imidazole rings is 1. The quantitative estimate of drug-likeness (QED) is 0.376. The third kappa shape index (κ3) is 3.58.